The predicted octanol–water partition coefficient (Wildman–Crippen LogP) is 3.84. The second-order valence-electron chi connectivity index (χ2n) is 3.73. The van der Waals surface area contributed by atoms with Gasteiger partial charge in [0.15, 0.2) is 0 Å². The molecule has 0 saturated heterocycles. The average Bonchev–Trinajstić information content (AvgIpc) is 2.31. The summed E-state index contributed by atoms with van der Waals surface area (Å²) in [5.41, 5.74) is -0.133. The Morgan fingerprint density at radius 3 is 2.17 bits per heavy atom. The maximum Gasteiger partial charge on any atom is 0.129 e. The smallest absolute Gasteiger partial charge is 0.129 e. The van der Waals surface area contributed by atoms with Crippen molar-refractivity contribution >= 4 is 11.6 Å². The largest absolute Gasteiger partial charge is 0.383 e. The molecular formula is C13H8ClF3O. The molecule has 0 amide bonds. The number of halogens is 4. The molecule has 1 nitrogen and oxygen atoms in total. The van der Waals surface area contributed by atoms with E-state index in [0.29, 0.717) is 0 Å². The molecule has 1 atom stereocenters. The minimum absolute atomic E-state index is 0.0499. The molecule has 5 heteroatoms. The molecule has 0 aliphatic heterocycles. The molecule has 2 aromatic rings. The van der Waals surface area contributed by atoms with Crippen molar-refractivity contribution < 1.29 is 18.3 Å². The normalized spacial score (nSPS) is 12.5. The SMILES string of the molecule is OC(c1cc(F)ccc1F)c1ccc(F)cc1Cl. The van der Waals surface area contributed by atoms with Gasteiger partial charge in [0.25, 0.3) is 0 Å². The van der Waals surface area contributed by atoms with Crippen LogP contribution in [0.15, 0.2) is 36.4 Å². The third-order valence-electron chi connectivity index (χ3n) is 2.51. The fourth-order valence-corrected chi connectivity index (χ4v) is 1.89. The highest BCUT2D eigenvalue weighted by Crippen LogP contribution is 2.30. The fraction of sp³-hybridized carbons (Fsp3) is 0.0769. The van der Waals surface area contributed by atoms with Crippen LogP contribution >= 0.6 is 11.6 Å². The van der Waals surface area contributed by atoms with Crippen LogP contribution in [0.2, 0.25) is 5.02 Å². The molecule has 0 aliphatic rings. The summed E-state index contributed by atoms with van der Waals surface area (Å²) in [4.78, 5) is 0. The number of hydrogen-bond acceptors (Lipinski definition) is 1. The van der Waals surface area contributed by atoms with Gasteiger partial charge in [-0.25, -0.2) is 13.2 Å². The van der Waals surface area contributed by atoms with Gasteiger partial charge in [-0.3, -0.25) is 0 Å². The van der Waals surface area contributed by atoms with Gasteiger partial charge in [0, 0.05) is 16.1 Å². The molecule has 18 heavy (non-hydrogen) atoms. The number of aliphatic hydroxyl groups excluding tert-OH is 1. The highest BCUT2D eigenvalue weighted by molar-refractivity contribution is 6.31. The predicted molar refractivity (Wildman–Crippen MR) is 61.8 cm³/mol. The number of benzene rings is 2. The van der Waals surface area contributed by atoms with E-state index in [1.54, 1.807) is 0 Å². The lowest BCUT2D eigenvalue weighted by Crippen LogP contribution is -2.04. The first kappa shape index (κ1) is 12.9. The van der Waals surface area contributed by atoms with Gasteiger partial charge in [0.05, 0.1) is 0 Å². The van der Waals surface area contributed by atoms with Crippen LogP contribution in [0.4, 0.5) is 13.2 Å². The van der Waals surface area contributed by atoms with Crippen LogP contribution in [0.3, 0.4) is 0 Å². The second kappa shape index (κ2) is 5.00. The topological polar surface area (TPSA) is 20.2 Å². The van der Waals surface area contributed by atoms with Gasteiger partial charge < -0.3 is 5.11 Å². The molecule has 0 aromatic heterocycles. The van der Waals surface area contributed by atoms with Crippen molar-refractivity contribution in [2.75, 3.05) is 0 Å². The summed E-state index contributed by atoms with van der Waals surface area (Å²) in [6, 6.07) is 6.04. The summed E-state index contributed by atoms with van der Waals surface area (Å²) in [5.74, 6) is -2.01. The molecule has 0 bridgehead atoms. The van der Waals surface area contributed by atoms with E-state index in [9.17, 15) is 18.3 Å². The zero-order valence-electron chi connectivity index (χ0n) is 9.00. The summed E-state index contributed by atoms with van der Waals surface area (Å²) in [5, 5.41) is 9.91. The van der Waals surface area contributed by atoms with Crippen LogP contribution in [-0.2, 0) is 0 Å². The van der Waals surface area contributed by atoms with Crippen molar-refractivity contribution in [3.05, 3.63) is 70.0 Å². The highest BCUT2D eigenvalue weighted by Gasteiger charge is 2.18. The molecule has 0 heterocycles. The van der Waals surface area contributed by atoms with E-state index < -0.39 is 23.6 Å². The number of aliphatic hydroxyl groups is 1. The van der Waals surface area contributed by atoms with Crippen molar-refractivity contribution in [3.63, 3.8) is 0 Å². The van der Waals surface area contributed by atoms with Crippen LogP contribution in [0.5, 0.6) is 0 Å². The van der Waals surface area contributed by atoms with E-state index in [4.69, 9.17) is 11.6 Å². The van der Waals surface area contributed by atoms with Crippen LogP contribution in [0, 0.1) is 17.5 Å². The Hall–Kier alpha value is -1.52. The van der Waals surface area contributed by atoms with Crippen molar-refractivity contribution in [3.8, 4) is 0 Å². The third kappa shape index (κ3) is 2.49. The van der Waals surface area contributed by atoms with Gasteiger partial charge in [-0.05, 0) is 30.3 Å². The molecule has 0 spiro atoms. The first-order chi connectivity index (χ1) is 8.49. The molecule has 2 aromatic carbocycles. The maximum absolute atomic E-state index is 13.5. The molecule has 0 saturated carbocycles. The van der Waals surface area contributed by atoms with E-state index in [-0.39, 0.29) is 16.1 Å². The summed E-state index contributed by atoms with van der Waals surface area (Å²) in [6.07, 6.45) is -1.45. The summed E-state index contributed by atoms with van der Waals surface area (Å²) in [6.45, 7) is 0. The van der Waals surface area contributed by atoms with Crippen LogP contribution in [-0.4, -0.2) is 5.11 Å². The Kier molecular flexibility index (Phi) is 3.59. The van der Waals surface area contributed by atoms with Crippen molar-refractivity contribution in [1.82, 2.24) is 0 Å². The van der Waals surface area contributed by atoms with E-state index in [2.05, 4.69) is 0 Å². The Labute approximate surface area is 106 Å². The molecule has 0 aliphatic carbocycles. The monoisotopic (exact) mass is 272 g/mol. The molecular weight excluding hydrogens is 265 g/mol. The molecule has 1 N–H and O–H groups in total. The van der Waals surface area contributed by atoms with Crippen LogP contribution in [0.1, 0.15) is 17.2 Å². The Morgan fingerprint density at radius 1 is 0.889 bits per heavy atom. The lowest BCUT2D eigenvalue weighted by molar-refractivity contribution is 0.214. The Balaban J connectivity index is 2.47. The zero-order chi connectivity index (χ0) is 13.3. The van der Waals surface area contributed by atoms with E-state index in [1.165, 1.54) is 6.07 Å². The number of rotatable bonds is 2. The van der Waals surface area contributed by atoms with Crippen molar-refractivity contribution in [2.24, 2.45) is 0 Å². The molecule has 0 fully saturated rings. The standard InChI is InChI=1S/C13H8ClF3O/c14-11-6-8(16)1-3-9(11)13(18)10-5-7(15)2-4-12(10)17/h1-6,13,18H. The molecule has 2 rings (SSSR count). The molecule has 94 valence electrons. The fourth-order valence-electron chi connectivity index (χ4n) is 1.61. The van der Waals surface area contributed by atoms with Crippen molar-refractivity contribution in [1.29, 1.82) is 0 Å². The Bertz CT molecular complexity index is 586. The van der Waals surface area contributed by atoms with E-state index in [0.717, 1.165) is 30.3 Å². The third-order valence-corrected chi connectivity index (χ3v) is 2.84. The van der Waals surface area contributed by atoms with Gasteiger partial charge in [-0.15, -0.1) is 0 Å². The van der Waals surface area contributed by atoms with Crippen molar-refractivity contribution in [2.45, 2.75) is 6.10 Å². The summed E-state index contributed by atoms with van der Waals surface area (Å²) < 4.78 is 39.3. The summed E-state index contributed by atoms with van der Waals surface area (Å²) >= 11 is 5.75. The lowest BCUT2D eigenvalue weighted by Gasteiger charge is -2.14. The molecule has 1 unspecified atom stereocenters. The first-order valence-electron chi connectivity index (χ1n) is 5.07. The Morgan fingerprint density at radius 2 is 1.50 bits per heavy atom. The second-order valence-corrected chi connectivity index (χ2v) is 4.14. The van der Waals surface area contributed by atoms with Gasteiger partial charge >= 0.3 is 0 Å². The lowest BCUT2D eigenvalue weighted by atomic mass is 10.0. The first-order valence-corrected chi connectivity index (χ1v) is 5.45. The number of hydrogen-bond donors (Lipinski definition) is 1. The highest BCUT2D eigenvalue weighted by atomic mass is 35.5. The quantitative estimate of drug-likeness (QED) is 0.881. The van der Waals surface area contributed by atoms with Gasteiger partial charge in [-0.2, -0.15) is 0 Å². The van der Waals surface area contributed by atoms with Gasteiger partial charge in [0.2, 0.25) is 0 Å². The minimum Gasteiger partial charge on any atom is -0.383 e. The van der Waals surface area contributed by atoms with Crippen LogP contribution in [0.25, 0.3) is 0 Å². The minimum atomic E-state index is -1.45. The molecule has 0 radical (unpaired) electrons. The van der Waals surface area contributed by atoms with Gasteiger partial charge in [0.1, 0.15) is 23.6 Å². The maximum atomic E-state index is 13.5. The zero-order valence-corrected chi connectivity index (χ0v) is 9.76. The van der Waals surface area contributed by atoms with E-state index >= 15 is 0 Å². The van der Waals surface area contributed by atoms with Crippen LogP contribution < -0.4 is 0 Å². The van der Waals surface area contributed by atoms with E-state index in [1.807, 2.05) is 0 Å². The summed E-state index contributed by atoms with van der Waals surface area (Å²) in [7, 11) is 0. The van der Waals surface area contributed by atoms with Gasteiger partial charge in [-0.1, -0.05) is 17.7 Å². The average molecular weight is 273 g/mol.